The molecule has 1 aliphatic carbocycles. The van der Waals surface area contributed by atoms with Crippen LogP contribution in [0.25, 0.3) is 10.9 Å². The Morgan fingerprint density at radius 2 is 2.00 bits per heavy atom. The van der Waals surface area contributed by atoms with Crippen molar-refractivity contribution in [2.45, 2.75) is 44.3 Å². The molecule has 1 unspecified atom stereocenters. The highest BCUT2D eigenvalue weighted by Crippen LogP contribution is 2.44. The Morgan fingerprint density at radius 3 is 2.61 bits per heavy atom. The molecule has 1 saturated carbocycles. The zero-order valence-corrected chi connectivity index (χ0v) is 21.6. The number of hydrogen-bond acceptors (Lipinski definition) is 8. The van der Waals surface area contributed by atoms with Gasteiger partial charge in [0.25, 0.3) is 0 Å². The maximum atomic E-state index is 15.6. The lowest BCUT2D eigenvalue weighted by molar-refractivity contribution is 0.0694. The standard InChI is InChI=1S/C26H27ClFN3O7/c1-13-10-30(6-5-29(13)12-20-24(34)19(32)7-15(9-27)38-20)22-18(28)8-16-21(25(22)37-2)31(14-3-4-14)11-17(23(16)33)26(35)36/h7-8,11,13-14,34H,3-6,9-10,12H2,1-2H3,(H,35,36). The number of nitrogens with zero attached hydrogens (tertiary/aromatic N) is 3. The Bertz CT molecular complexity index is 1550. The van der Waals surface area contributed by atoms with Crippen LogP contribution in [0.1, 0.15) is 47.7 Å². The number of fused-ring (bicyclic) bond motifs is 1. The third kappa shape index (κ3) is 4.49. The zero-order valence-electron chi connectivity index (χ0n) is 20.9. The molecule has 0 spiro atoms. The minimum absolute atomic E-state index is 0.00488. The fraction of sp³-hybridized carbons (Fsp3) is 0.423. The van der Waals surface area contributed by atoms with Crippen molar-refractivity contribution in [1.29, 1.82) is 0 Å². The molecule has 2 fully saturated rings. The molecule has 2 aromatic heterocycles. The van der Waals surface area contributed by atoms with Gasteiger partial charge in [-0.2, -0.15) is 0 Å². The predicted molar refractivity (Wildman–Crippen MR) is 138 cm³/mol. The molecule has 12 heteroatoms. The number of hydrogen-bond donors (Lipinski definition) is 2. The molecule has 1 aromatic carbocycles. The molecule has 3 aromatic rings. The number of carbonyl (C=O) groups is 1. The Balaban J connectivity index is 1.51. The second-order valence-corrected chi connectivity index (χ2v) is 9.97. The second kappa shape index (κ2) is 9.95. The minimum Gasteiger partial charge on any atom is -0.502 e. The molecular weight excluding hydrogens is 521 g/mol. The molecule has 0 bridgehead atoms. The molecule has 3 heterocycles. The molecule has 5 rings (SSSR count). The number of aromatic nitrogens is 1. The van der Waals surface area contributed by atoms with Crippen molar-refractivity contribution in [3.63, 3.8) is 0 Å². The summed E-state index contributed by atoms with van der Waals surface area (Å²) in [5.74, 6) is -1.97. The summed E-state index contributed by atoms with van der Waals surface area (Å²) in [6, 6.07) is 2.11. The number of ether oxygens (including phenoxy) is 1. The van der Waals surface area contributed by atoms with Crippen LogP contribution in [0.4, 0.5) is 10.1 Å². The van der Waals surface area contributed by atoms with Crippen LogP contribution < -0.4 is 20.5 Å². The summed E-state index contributed by atoms with van der Waals surface area (Å²) in [4.78, 5) is 40.5. The van der Waals surface area contributed by atoms with E-state index in [1.54, 1.807) is 4.57 Å². The number of carboxylic acid groups (broad SMARTS) is 1. The van der Waals surface area contributed by atoms with E-state index < -0.39 is 34.0 Å². The van der Waals surface area contributed by atoms with Gasteiger partial charge in [-0.25, -0.2) is 9.18 Å². The monoisotopic (exact) mass is 547 g/mol. The van der Waals surface area contributed by atoms with Gasteiger partial charge < -0.3 is 28.8 Å². The first-order chi connectivity index (χ1) is 18.1. The summed E-state index contributed by atoms with van der Waals surface area (Å²) in [5.41, 5.74) is -1.16. The Morgan fingerprint density at radius 1 is 1.26 bits per heavy atom. The van der Waals surface area contributed by atoms with Gasteiger partial charge in [-0.1, -0.05) is 0 Å². The molecule has 1 atom stereocenters. The number of alkyl halides is 1. The fourth-order valence-electron chi connectivity index (χ4n) is 5.10. The number of piperazine rings is 1. The van der Waals surface area contributed by atoms with Gasteiger partial charge in [0.05, 0.1) is 30.4 Å². The molecular formula is C26H27ClFN3O7. The lowest BCUT2D eigenvalue weighted by atomic mass is 10.1. The Kier molecular flexibility index (Phi) is 6.83. The summed E-state index contributed by atoms with van der Waals surface area (Å²) in [5, 5.41) is 19.7. The molecule has 1 aliphatic heterocycles. The lowest BCUT2D eigenvalue weighted by Gasteiger charge is -2.41. The van der Waals surface area contributed by atoms with Crippen molar-refractivity contribution < 1.29 is 28.6 Å². The molecule has 0 radical (unpaired) electrons. The maximum Gasteiger partial charge on any atom is 0.341 e. The summed E-state index contributed by atoms with van der Waals surface area (Å²) in [6.45, 7) is 3.29. The van der Waals surface area contributed by atoms with E-state index in [0.29, 0.717) is 25.2 Å². The Hall–Kier alpha value is -3.57. The van der Waals surface area contributed by atoms with Gasteiger partial charge in [-0.15, -0.1) is 11.6 Å². The third-order valence-electron chi connectivity index (χ3n) is 7.18. The molecule has 2 N–H and O–H groups in total. The van der Waals surface area contributed by atoms with Crippen LogP contribution >= 0.6 is 11.6 Å². The smallest absolute Gasteiger partial charge is 0.341 e. The van der Waals surface area contributed by atoms with Gasteiger partial charge in [0.15, 0.2) is 17.3 Å². The Labute approximate surface area is 221 Å². The van der Waals surface area contributed by atoms with Crippen molar-refractivity contribution in [3.05, 3.63) is 61.7 Å². The number of anilines is 1. The topological polar surface area (TPSA) is 125 Å². The molecule has 10 nitrogen and oxygen atoms in total. The predicted octanol–water partition coefficient (Wildman–Crippen LogP) is 3.29. The van der Waals surface area contributed by atoms with Gasteiger partial charge in [0.1, 0.15) is 17.0 Å². The fourth-order valence-corrected chi connectivity index (χ4v) is 5.23. The SMILES string of the molecule is COc1c(N2CCN(Cc3oc(CCl)cc(=O)c3O)C(C)C2)c(F)cc2c(=O)c(C(=O)O)cn(C3CC3)c12. The maximum absolute atomic E-state index is 15.6. The summed E-state index contributed by atoms with van der Waals surface area (Å²) < 4.78 is 28.6. The van der Waals surface area contributed by atoms with E-state index >= 15 is 4.39 Å². The van der Waals surface area contributed by atoms with Crippen molar-refractivity contribution in [2.75, 3.05) is 31.6 Å². The average molecular weight is 548 g/mol. The lowest BCUT2D eigenvalue weighted by Crippen LogP contribution is -2.51. The van der Waals surface area contributed by atoms with Crippen molar-refractivity contribution >= 4 is 34.2 Å². The molecule has 38 heavy (non-hydrogen) atoms. The largest absolute Gasteiger partial charge is 0.502 e. The second-order valence-electron chi connectivity index (χ2n) is 9.70. The molecule has 1 saturated heterocycles. The van der Waals surface area contributed by atoms with Crippen LogP contribution in [0.2, 0.25) is 0 Å². The van der Waals surface area contributed by atoms with E-state index in [1.807, 2.05) is 16.7 Å². The van der Waals surface area contributed by atoms with E-state index in [1.165, 1.54) is 13.3 Å². The van der Waals surface area contributed by atoms with E-state index in [4.69, 9.17) is 20.8 Å². The first-order valence-electron chi connectivity index (χ1n) is 12.2. The highest BCUT2D eigenvalue weighted by Gasteiger charge is 2.33. The van der Waals surface area contributed by atoms with Gasteiger partial charge in [-0.3, -0.25) is 14.5 Å². The van der Waals surface area contributed by atoms with Gasteiger partial charge in [0, 0.05) is 44.0 Å². The van der Waals surface area contributed by atoms with Crippen LogP contribution in [0.5, 0.6) is 11.5 Å². The highest BCUT2D eigenvalue weighted by atomic mass is 35.5. The number of aromatic hydroxyl groups is 1. The molecule has 0 amide bonds. The summed E-state index contributed by atoms with van der Waals surface area (Å²) in [7, 11) is 1.40. The minimum atomic E-state index is -1.36. The summed E-state index contributed by atoms with van der Waals surface area (Å²) >= 11 is 5.80. The van der Waals surface area contributed by atoms with E-state index in [9.17, 15) is 24.6 Å². The molecule has 2 aliphatic rings. The van der Waals surface area contributed by atoms with Crippen molar-refractivity contribution in [1.82, 2.24) is 9.47 Å². The number of pyridine rings is 1. The van der Waals surface area contributed by atoms with Crippen molar-refractivity contribution in [3.8, 4) is 11.5 Å². The highest BCUT2D eigenvalue weighted by molar-refractivity contribution is 6.16. The number of carboxylic acids is 1. The van der Waals surface area contributed by atoms with Gasteiger partial charge in [-0.05, 0) is 25.8 Å². The van der Waals surface area contributed by atoms with Gasteiger partial charge in [0.2, 0.25) is 16.6 Å². The quantitative estimate of drug-likeness (QED) is 0.428. The van der Waals surface area contributed by atoms with E-state index in [0.717, 1.165) is 25.0 Å². The molecule has 202 valence electrons. The zero-order chi connectivity index (χ0) is 27.3. The third-order valence-corrected chi connectivity index (χ3v) is 7.44. The van der Waals surface area contributed by atoms with Crippen LogP contribution in [0, 0.1) is 5.82 Å². The first-order valence-corrected chi connectivity index (χ1v) is 12.8. The van der Waals surface area contributed by atoms with Crippen LogP contribution in [-0.4, -0.2) is 58.4 Å². The number of aromatic carboxylic acids is 1. The first kappa shape index (κ1) is 26.1. The number of benzene rings is 1. The normalized spacial score (nSPS) is 18.2. The summed E-state index contributed by atoms with van der Waals surface area (Å²) in [6.07, 6.45) is 2.96. The number of halogens is 2. The average Bonchev–Trinajstić information content (AvgIpc) is 3.72. The van der Waals surface area contributed by atoms with E-state index in [2.05, 4.69) is 0 Å². The van der Waals surface area contributed by atoms with Crippen molar-refractivity contribution in [2.24, 2.45) is 0 Å². The van der Waals surface area contributed by atoms with Crippen LogP contribution in [0.15, 0.2) is 32.3 Å². The van der Waals surface area contributed by atoms with E-state index in [-0.39, 0.29) is 52.9 Å². The van der Waals surface area contributed by atoms with Crippen LogP contribution in [-0.2, 0) is 12.4 Å². The number of methoxy groups -OCH3 is 1. The number of rotatable bonds is 7. The van der Waals surface area contributed by atoms with Gasteiger partial charge >= 0.3 is 5.97 Å². The van der Waals surface area contributed by atoms with Crippen LogP contribution in [0.3, 0.4) is 0 Å².